The van der Waals surface area contributed by atoms with Crippen LogP contribution in [0, 0.1) is 10.1 Å². The molecular formula is C8H4Br2F3NO2. The van der Waals surface area contributed by atoms with Crippen LogP contribution in [0.3, 0.4) is 0 Å². The molecule has 1 aromatic carbocycles. The summed E-state index contributed by atoms with van der Waals surface area (Å²) in [7, 11) is 0. The fourth-order valence-corrected chi connectivity index (χ4v) is 2.74. The predicted molar refractivity (Wildman–Crippen MR) is 58.4 cm³/mol. The largest absolute Gasteiger partial charge is 0.416 e. The van der Waals surface area contributed by atoms with E-state index in [1.807, 2.05) is 0 Å². The van der Waals surface area contributed by atoms with E-state index in [0.29, 0.717) is 6.07 Å². The summed E-state index contributed by atoms with van der Waals surface area (Å²) in [5, 5.41) is 10.4. The molecule has 1 aromatic rings. The number of halogens is 5. The van der Waals surface area contributed by atoms with Gasteiger partial charge in [0.15, 0.2) is 0 Å². The van der Waals surface area contributed by atoms with E-state index in [0.717, 1.165) is 6.07 Å². The standard InChI is InChI=1S/C8H4Br2F3NO2/c9-3-4-5(8(11,12)13)1-2-6(7(4)10)14(15)16/h1-2H,3H2. The van der Waals surface area contributed by atoms with Gasteiger partial charge in [0.05, 0.1) is 15.0 Å². The van der Waals surface area contributed by atoms with Crippen molar-refractivity contribution in [3.8, 4) is 0 Å². The number of nitrogens with zero attached hydrogens (tertiary/aromatic N) is 1. The second kappa shape index (κ2) is 4.70. The van der Waals surface area contributed by atoms with E-state index < -0.39 is 16.7 Å². The molecule has 1 rings (SSSR count). The monoisotopic (exact) mass is 361 g/mol. The Hall–Kier alpha value is -0.630. The van der Waals surface area contributed by atoms with E-state index in [1.54, 1.807) is 0 Å². The lowest BCUT2D eigenvalue weighted by molar-refractivity contribution is -0.385. The molecule has 0 N–H and O–H groups in total. The van der Waals surface area contributed by atoms with Crippen molar-refractivity contribution >= 4 is 37.5 Å². The second-order valence-electron chi connectivity index (χ2n) is 2.81. The molecule has 0 aliphatic rings. The van der Waals surface area contributed by atoms with Gasteiger partial charge >= 0.3 is 6.18 Å². The molecule has 0 heterocycles. The summed E-state index contributed by atoms with van der Waals surface area (Å²) in [6.45, 7) is 0. The summed E-state index contributed by atoms with van der Waals surface area (Å²) >= 11 is 5.70. The predicted octanol–water partition coefficient (Wildman–Crippen LogP) is 4.27. The molecule has 88 valence electrons. The van der Waals surface area contributed by atoms with Crippen molar-refractivity contribution < 1.29 is 18.1 Å². The molecule has 0 saturated heterocycles. The number of rotatable bonds is 2. The van der Waals surface area contributed by atoms with Crippen LogP contribution in [0.2, 0.25) is 0 Å². The molecule has 0 aliphatic carbocycles. The first-order valence-corrected chi connectivity index (χ1v) is 5.79. The van der Waals surface area contributed by atoms with Gasteiger partial charge in [-0.3, -0.25) is 10.1 Å². The van der Waals surface area contributed by atoms with Crippen LogP contribution in [0.25, 0.3) is 0 Å². The van der Waals surface area contributed by atoms with Gasteiger partial charge in [0, 0.05) is 11.4 Å². The molecule has 0 bridgehead atoms. The highest BCUT2D eigenvalue weighted by molar-refractivity contribution is 9.11. The molecule has 0 aliphatic heterocycles. The van der Waals surface area contributed by atoms with Crippen molar-refractivity contribution in [1.82, 2.24) is 0 Å². The quantitative estimate of drug-likeness (QED) is 0.448. The van der Waals surface area contributed by atoms with Crippen LogP contribution in [0.4, 0.5) is 18.9 Å². The maximum absolute atomic E-state index is 12.5. The van der Waals surface area contributed by atoms with Crippen molar-refractivity contribution in [1.29, 1.82) is 0 Å². The van der Waals surface area contributed by atoms with Crippen LogP contribution in [0.1, 0.15) is 11.1 Å². The van der Waals surface area contributed by atoms with Crippen LogP contribution in [-0.4, -0.2) is 4.92 Å². The Balaban J connectivity index is 3.47. The average molecular weight is 363 g/mol. The van der Waals surface area contributed by atoms with E-state index >= 15 is 0 Å². The number of alkyl halides is 4. The lowest BCUT2D eigenvalue weighted by Gasteiger charge is -2.12. The highest BCUT2D eigenvalue weighted by atomic mass is 79.9. The zero-order chi connectivity index (χ0) is 12.5. The zero-order valence-electron chi connectivity index (χ0n) is 7.52. The third-order valence-corrected chi connectivity index (χ3v) is 3.30. The van der Waals surface area contributed by atoms with Gasteiger partial charge in [-0.2, -0.15) is 13.2 Å². The number of nitro groups is 1. The van der Waals surface area contributed by atoms with Crippen molar-refractivity contribution in [2.45, 2.75) is 11.5 Å². The molecule has 0 saturated carbocycles. The Morgan fingerprint density at radius 1 is 1.38 bits per heavy atom. The van der Waals surface area contributed by atoms with Crippen LogP contribution >= 0.6 is 31.9 Å². The Kier molecular flexibility index (Phi) is 3.95. The van der Waals surface area contributed by atoms with E-state index in [4.69, 9.17) is 0 Å². The summed E-state index contributed by atoms with van der Waals surface area (Å²) < 4.78 is 37.5. The van der Waals surface area contributed by atoms with Gasteiger partial charge in [0.25, 0.3) is 5.69 Å². The normalized spacial score (nSPS) is 11.6. The molecule has 16 heavy (non-hydrogen) atoms. The summed E-state index contributed by atoms with van der Waals surface area (Å²) in [6, 6.07) is 1.54. The number of hydrogen-bond donors (Lipinski definition) is 0. The molecule has 0 fully saturated rings. The Labute approximate surface area is 105 Å². The maximum atomic E-state index is 12.5. The van der Waals surface area contributed by atoms with Gasteiger partial charge in [-0.25, -0.2) is 0 Å². The molecule has 3 nitrogen and oxygen atoms in total. The van der Waals surface area contributed by atoms with Gasteiger partial charge in [0.2, 0.25) is 0 Å². The molecule has 0 aromatic heterocycles. The molecule has 0 spiro atoms. The lowest BCUT2D eigenvalue weighted by Crippen LogP contribution is -2.09. The first-order valence-electron chi connectivity index (χ1n) is 3.88. The SMILES string of the molecule is O=[N+]([O-])c1ccc(C(F)(F)F)c(CBr)c1Br. The highest BCUT2D eigenvalue weighted by Crippen LogP contribution is 2.39. The summed E-state index contributed by atoms with van der Waals surface area (Å²) in [5.41, 5.74) is -1.45. The van der Waals surface area contributed by atoms with E-state index in [-0.39, 0.29) is 21.1 Å². The lowest BCUT2D eigenvalue weighted by atomic mass is 10.1. The minimum atomic E-state index is -4.53. The van der Waals surface area contributed by atoms with Crippen LogP contribution < -0.4 is 0 Å². The zero-order valence-corrected chi connectivity index (χ0v) is 10.7. The van der Waals surface area contributed by atoms with Gasteiger partial charge in [-0.15, -0.1) is 0 Å². The first kappa shape index (κ1) is 13.4. The Bertz CT molecular complexity index is 434. The Morgan fingerprint density at radius 3 is 2.31 bits per heavy atom. The van der Waals surface area contributed by atoms with Gasteiger partial charge in [-0.1, -0.05) is 15.9 Å². The maximum Gasteiger partial charge on any atom is 0.416 e. The second-order valence-corrected chi connectivity index (χ2v) is 4.17. The molecular weight excluding hydrogens is 359 g/mol. The highest BCUT2D eigenvalue weighted by Gasteiger charge is 2.35. The molecule has 0 unspecified atom stereocenters. The van der Waals surface area contributed by atoms with Crippen LogP contribution in [-0.2, 0) is 11.5 Å². The fourth-order valence-electron chi connectivity index (χ4n) is 1.15. The summed E-state index contributed by atoms with van der Waals surface area (Å²) in [4.78, 5) is 9.79. The van der Waals surface area contributed by atoms with Gasteiger partial charge in [-0.05, 0) is 27.6 Å². The number of hydrogen-bond acceptors (Lipinski definition) is 2. The molecule has 0 radical (unpaired) electrons. The molecule has 8 heteroatoms. The first-order chi connectivity index (χ1) is 7.29. The fraction of sp³-hybridized carbons (Fsp3) is 0.250. The van der Waals surface area contributed by atoms with Crippen molar-refractivity contribution in [3.05, 3.63) is 37.8 Å². The van der Waals surface area contributed by atoms with Crippen molar-refractivity contribution in [2.24, 2.45) is 0 Å². The summed E-state index contributed by atoms with van der Waals surface area (Å²) in [5.74, 6) is 0. The van der Waals surface area contributed by atoms with Crippen LogP contribution in [0.15, 0.2) is 16.6 Å². The van der Waals surface area contributed by atoms with E-state index in [9.17, 15) is 23.3 Å². The molecule has 0 atom stereocenters. The smallest absolute Gasteiger partial charge is 0.258 e. The average Bonchev–Trinajstić information content (AvgIpc) is 2.15. The van der Waals surface area contributed by atoms with E-state index in [2.05, 4.69) is 31.9 Å². The third kappa shape index (κ3) is 2.54. The number of nitro benzene ring substituents is 1. The van der Waals surface area contributed by atoms with E-state index in [1.165, 1.54) is 0 Å². The van der Waals surface area contributed by atoms with Gasteiger partial charge in [0.1, 0.15) is 0 Å². The summed E-state index contributed by atoms with van der Waals surface area (Å²) in [6.07, 6.45) is -4.53. The molecule has 0 amide bonds. The van der Waals surface area contributed by atoms with Gasteiger partial charge < -0.3 is 0 Å². The minimum absolute atomic E-state index is 0.121. The van der Waals surface area contributed by atoms with Crippen molar-refractivity contribution in [2.75, 3.05) is 0 Å². The minimum Gasteiger partial charge on any atom is -0.258 e. The topological polar surface area (TPSA) is 43.1 Å². The van der Waals surface area contributed by atoms with Crippen LogP contribution in [0.5, 0.6) is 0 Å². The number of benzene rings is 1. The third-order valence-electron chi connectivity index (χ3n) is 1.86. The van der Waals surface area contributed by atoms with Crippen molar-refractivity contribution in [3.63, 3.8) is 0 Å². The Morgan fingerprint density at radius 2 is 1.94 bits per heavy atom.